The lowest BCUT2D eigenvalue weighted by Gasteiger charge is -2.08. The maximum atomic E-state index is 12.3. The molecular weight excluding hydrogens is 304 g/mol. The van der Waals surface area contributed by atoms with Crippen molar-refractivity contribution >= 4 is 37.3 Å². The molecule has 6 heteroatoms. The van der Waals surface area contributed by atoms with Gasteiger partial charge in [-0.15, -0.1) is 0 Å². The molecule has 108 valence electrons. The molecule has 0 aliphatic rings. The summed E-state index contributed by atoms with van der Waals surface area (Å²) in [6, 6.07) is 12.2. The molecule has 1 heterocycles. The summed E-state index contributed by atoms with van der Waals surface area (Å²) in [6.07, 6.45) is 0. The van der Waals surface area contributed by atoms with Crippen LogP contribution < -0.4 is 4.72 Å². The quantitative estimate of drug-likeness (QED) is 0.801. The lowest BCUT2D eigenvalue weighted by Crippen LogP contribution is -2.12. The van der Waals surface area contributed by atoms with Crippen molar-refractivity contribution in [3.05, 3.63) is 53.7 Å². The molecule has 0 saturated heterocycles. The summed E-state index contributed by atoms with van der Waals surface area (Å²) in [6.45, 7) is 3.83. The maximum absolute atomic E-state index is 12.3. The van der Waals surface area contributed by atoms with E-state index in [-0.39, 0.29) is 4.90 Å². The minimum absolute atomic E-state index is 0.258. The zero-order valence-corrected chi connectivity index (χ0v) is 13.3. The van der Waals surface area contributed by atoms with Gasteiger partial charge in [-0.05, 0) is 55.7 Å². The van der Waals surface area contributed by atoms with E-state index in [9.17, 15) is 8.42 Å². The third-order valence-corrected chi connectivity index (χ3v) is 5.55. The number of sulfonamides is 1. The first kappa shape index (κ1) is 14.0. The number of hydrogen-bond acceptors (Lipinski definition) is 4. The van der Waals surface area contributed by atoms with Crippen LogP contribution in [0.2, 0.25) is 0 Å². The highest BCUT2D eigenvalue weighted by Gasteiger charge is 2.14. The average Bonchev–Trinajstić information content (AvgIpc) is 2.80. The van der Waals surface area contributed by atoms with Gasteiger partial charge >= 0.3 is 0 Å². The number of anilines is 1. The van der Waals surface area contributed by atoms with Crippen LogP contribution in [0.4, 0.5) is 5.69 Å². The molecule has 0 amide bonds. The van der Waals surface area contributed by atoms with E-state index in [2.05, 4.69) is 9.10 Å². The van der Waals surface area contributed by atoms with Crippen LogP contribution in [0, 0.1) is 13.8 Å². The normalized spacial score (nSPS) is 11.7. The van der Waals surface area contributed by atoms with Crippen molar-refractivity contribution in [2.45, 2.75) is 18.7 Å². The fraction of sp³-hybridized carbons (Fsp3) is 0.133. The van der Waals surface area contributed by atoms with Gasteiger partial charge in [-0.3, -0.25) is 4.72 Å². The monoisotopic (exact) mass is 318 g/mol. The third-order valence-electron chi connectivity index (χ3n) is 3.23. The average molecular weight is 318 g/mol. The maximum Gasteiger partial charge on any atom is 0.261 e. The van der Waals surface area contributed by atoms with Gasteiger partial charge in [0.25, 0.3) is 10.0 Å². The number of aromatic nitrogens is 1. The Balaban J connectivity index is 1.96. The first-order valence-electron chi connectivity index (χ1n) is 6.41. The molecule has 0 unspecified atom stereocenters. The number of rotatable bonds is 3. The molecule has 0 fully saturated rings. The summed E-state index contributed by atoms with van der Waals surface area (Å²) in [7, 11) is -3.56. The molecule has 0 aliphatic heterocycles. The summed E-state index contributed by atoms with van der Waals surface area (Å²) in [5.74, 6) is 0. The summed E-state index contributed by atoms with van der Waals surface area (Å²) in [5, 5.41) is 0.976. The molecule has 0 radical (unpaired) electrons. The summed E-state index contributed by atoms with van der Waals surface area (Å²) in [5.41, 5.74) is 2.48. The SMILES string of the molecule is Cc1ccc(S(=O)(=O)Nc2ccc3snc(C)c3c2)cc1. The predicted molar refractivity (Wildman–Crippen MR) is 86.3 cm³/mol. The summed E-state index contributed by atoms with van der Waals surface area (Å²) >= 11 is 1.41. The zero-order chi connectivity index (χ0) is 15.0. The fourth-order valence-electron chi connectivity index (χ4n) is 2.05. The van der Waals surface area contributed by atoms with Crippen LogP contribution in [0.1, 0.15) is 11.3 Å². The van der Waals surface area contributed by atoms with Gasteiger partial charge in [0.1, 0.15) is 0 Å². The molecule has 0 spiro atoms. The van der Waals surface area contributed by atoms with Crippen molar-refractivity contribution in [1.82, 2.24) is 4.37 Å². The van der Waals surface area contributed by atoms with Crippen molar-refractivity contribution in [2.75, 3.05) is 4.72 Å². The number of hydrogen-bond donors (Lipinski definition) is 1. The first-order chi connectivity index (χ1) is 9.95. The Morgan fingerprint density at radius 3 is 2.48 bits per heavy atom. The van der Waals surface area contributed by atoms with Crippen LogP contribution >= 0.6 is 11.5 Å². The van der Waals surface area contributed by atoms with Crippen LogP contribution in [-0.4, -0.2) is 12.8 Å². The molecule has 1 aromatic heterocycles. The largest absolute Gasteiger partial charge is 0.280 e. The Hall–Kier alpha value is -1.92. The molecule has 21 heavy (non-hydrogen) atoms. The van der Waals surface area contributed by atoms with E-state index < -0.39 is 10.0 Å². The van der Waals surface area contributed by atoms with Gasteiger partial charge in [0.15, 0.2) is 0 Å². The van der Waals surface area contributed by atoms with Crippen molar-refractivity contribution in [2.24, 2.45) is 0 Å². The Morgan fingerprint density at radius 1 is 1.05 bits per heavy atom. The van der Waals surface area contributed by atoms with Crippen molar-refractivity contribution in [3.8, 4) is 0 Å². The van der Waals surface area contributed by atoms with Gasteiger partial charge in [-0.2, -0.15) is 4.37 Å². The molecular formula is C15H14N2O2S2. The predicted octanol–water partition coefficient (Wildman–Crippen LogP) is 3.71. The smallest absolute Gasteiger partial charge is 0.261 e. The Bertz CT molecular complexity index is 897. The number of fused-ring (bicyclic) bond motifs is 1. The number of nitrogens with zero attached hydrogens (tertiary/aromatic N) is 1. The van der Waals surface area contributed by atoms with E-state index >= 15 is 0 Å². The van der Waals surface area contributed by atoms with E-state index in [0.29, 0.717) is 5.69 Å². The molecule has 0 saturated carbocycles. The van der Waals surface area contributed by atoms with E-state index in [1.165, 1.54) is 11.5 Å². The highest BCUT2D eigenvalue weighted by molar-refractivity contribution is 7.92. The van der Waals surface area contributed by atoms with Crippen LogP contribution in [0.25, 0.3) is 10.1 Å². The van der Waals surface area contributed by atoms with E-state index in [4.69, 9.17) is 0 Å². The van der Waals surface area contributed by atoms with Crippen molar-refractivity contribution in [3.63, 3.8) is 0 Å². The van der Waals surface area contributed by atoms with Crippen LogP contribution in [0.3, 0.4) is 0 Å². The van der Waals surface area contributed by atoms with E-state index in [1.807, 2.05) is 26.0 Å². The number of benzene rings is 2. The van der Waals surface area contributed by atoms with E-state index in [0.717, 1.165) is 21.3 Å². The molecule has 3 aromatic rings. The van der Waals surface area contributed by atoms with Gasteiger partial charge in [0.2, 0.25) is 0 Å². The Morgan fingerprint density at radius 2 is 1.76 bits per heavy atom. The van der Waals surface area contributed by atoms with Crippen molar-refractivity contribution in [1.29, 1.82) is 0 Å². The summed E-state index contributed by atoms with van der Waals surface area (Å²) in [4.78, 5) is 0.258. The molecule has 3 rings (SSSR count). The Labute approximate surface area is 127 Å². The lowest BCUT2D eigenvalue weighted by molar-refractivity contribution is 0.601. The third kappa shape index (κ3) is 2.77. The van der Waals surface area contributed by atoms with E-state index in [1.54, 1.807) is 30.3 Å². The number of aryl methyl sites for hydroxylation is 2. The summed E-state index contributed by atoms with van der Waals surface area (Å²) < 4.78 is 32.6. The molecule has 0 aliphatic carbocycles. The molecule has 0 atom stereocenters. The molecule has 4 nitrogen and oxygen atoms in total. The standard InChI is InChI=1S/C15H14N2O2S2/c1-10-3-6-13(7-4-10)21(18,19)17-12-5-8-15-14(9-12)11(2)16-20-15/h3-9,17H,1-2H3. The molecule has 1 N–H and O–H groups in total. The van der Waals surface area contributed by atoms with Gasteiger partial charge in [0, 0.05) is 11.1 Å². The molecule has 0 bridgehead atoms. The highest BCUT2D eigenvalue weighted by Crippen LogP contribution is 2.26. The first-order valence-corrected chi connectivity index (χ1v) is 8.67. The topological polar surface area (TPSA) is 59.1 Å². The van der Waals surface area contributed by atoms with Gasteiger partial charge in [-0.25, -0.2) is 8.42 Å². The van der Waals surface area contributed by atoms with Gasteiger partial charge in [0.05, 0.1) is 15.3 Å². The minimum Gasteiger partial charge on any atom is -0.280 e. The minimum atomic E-state index is -3.56. The van der Waals surface area contributed by atoms with Gasteiger partial charge < -0.3 is 0 Å². The second kappa shape index (κ2) is 5.13. The van der Waals surface area contributed by atoms with Crippen LogP contribution in [-0.2, 0) is 10.0 Å². The lowest BCUT2D eigenvalue weighted by atomic mass is 10.2. The van der Waals surface area contributed by atoms with Crippen LogP contribution in [0.5, 0.6) is 0 Å². The second-order valence-electron chi connectivity index (χ2n) is 4.90. The zero-order valence-electron chi connectivity index (χ0n) is 11.6. The highest BCUT2D eigenvalue weighted by atomic mass is 32.2. The fourth-order valence-corrected chi connectivity index (χ4v) is 3.87. The Kier molecular flexibility index (Phi) is 3.43. The molecule has 2 aromatic carbocycles. The number of nitrogens with one attached hydrogen (secondary N) is 1. The van der Waals surface area contributed by atoms with Gasteiger partial charge in [-0.1, -0.05) is 17.7 Å². The van der Waals surface area contributed by atoms with Crippen LogP contribution in [0.15, 0.2) is 47.4 Å². The van der Waals surface area contributed by atoms with Crippen molar-refractivity contribution < 1.29 is 8.42 Å². The second-order valence-corrected chi connectivity index (χ2v) is 7.38.